The van der Waals surface area contributed by atoms with Gasteiger partial charge in [0.15, 0.2) is 5.78 Å². The van der Waals surface area contributed by atoms with Crippen molar-refractivity contribution >= 4 is 27.8 Å². The first-order valence-corrected chi connectivity index (χ1v) is 7.53. The van der Waals surface area contributed by atoms with Gasteiger partial charge in [-0.15, -0.1) is 0 Å². The molecule has 2 heteroatoms. The van der Waals surface area contributed by atoms with Gasteiger partial charge in [-0.1, -0.05) is 51.8 Å². The maximum atomic E-state index is 12.6. The van der Waals surface area contributed by atoms with Gasteiger partial charge in [0.05, 0.1) is 0 Å². The average Bonchev–Trinajstić information content (AvgIpc) is 2.45. The fraction of sp³-hybridized carbons (Fsp3) is 0.167. The van der Waals surface area contributed by atoms with Gasteiger partial charge in [0.2, 0.25) is 0 Å². The SMILES string of the molecule is Cc1ccc(/C=C2\CCc3ccc(Br)cc3C2=O)cc1. The zero-order chi connectivity index (χ0) is 14.1. The second-order valence-electron chi connectivity index (χ2n) is 5.21. The summed E-state index contributed by atoms with van der Waals surface area (Å²) < 4.78 is 0.959. The number of aryl methyl sites for hydroxylation is 2. The number of allylic oxidation sites excluding steroid dienone is 1. The molecule has 0 heterocycles. The van der Waals surface area contributed by atoms with Crippen LogP contribution in [0.5, 0.6) is 0 Å². The summed E-state index contributed by atoms with van der Waals surface area (Å²) >= 11 is 3.44. The van der Waals surface area contributed by atoms with E-state index in [1.54, 1.807) is 0 Å². The number of carbonyl (C=O) groups is 1. The molecule has 2 aromatic rings. The molecular weight excluding hydrogens is 312 g/mol. The highest BCUT2D eigenvalue weighted by Gasteiger charge is 2.21. The molecule has 20 heavy (non-hydrogen) atoms. The van der Waals surface area contributed by atoms with Gasteiger partial charge in [0.25, 0.3) is 0 Å². The summed E-state index contributed by atoms with van der Waals surface area (Å²) in [5.74, 6) is 0.160. The molecule has 0 radical (unpaired) electrons. The normalized spacial score (nSPS) is 16.3. The summed E-state index contributed by atoms with van der Waals surface area (Å²) in [6.07, 6.45) is 3.78. The monoisotopic (exact) mass is 326 g/mol. The minimum absolute atomic E-state index is 0.160. The summed E-state index contributed by atoms with van der Waals surface area (Å²) in [6.45, 7) is 2.07. The Hall–Kier alpha value is -1.67. The first kappa shape index (κ1) is 13.3. The van der Waals surface area contributed by atoms with Crippen molar-refractivity contribution in [3.8, 4) is 0 Å². The maximum Gasteiger partial charge on any atom is 0.189 e. The smallest absolute Gasteiger partial charge is 0.189 e. The standard InChI is InChI=1S/C18H15BrO/c1-12-2-4-13(5-3-12)10-15-7-6-14-8-9-16(19)11-17(14)18(15)20/h2-5,8-11H,6-7H2,1H3/b15-10+. The Morgan fingerprint density at radius 3 is 2.55 bits per heavy atom. The van der Waals surface area contributed by atoms with Crippen LogP contribution in [0.3, 0.4) is 0 Å². The predicted molar refractivity (Wildman–Crippen MR) is 85.9 cm³/mol. The zero-order valence-corrected chi connectivity index (χ0v) is 12.9. The Balaban J connectivity index is 1.97. The van der Waals surface area contributed by atoms with Gasteiger partial charge >= 0.3 is 0 Å². The van der Waals surface area contributed by atoms with Crippen LogP contribution >= 0.6 is 15.9 Å². The third-order valence-corrected chi connectivity index (χ3v) is 4.18. The summed E-state index contributed by atoms with van der Waals surface area (Å²) in [4.78, 5) is 12.6. The molecule has 0 aliphatic heterocycles. The minimum Gasteiger partial charge on any atom is -0.289 e. The molecule has 0 amide bonds. The topological polar surface area (TPSA) is 17.1 Å². The van der Waals surface area contributed by atoms with E-state index in [2.05, 4.69) is 47.1 Å². The molecule has 3 rings (SSSR count). The van der Waals surface area contributed by atoms with Crippen molar-refractivity contribution in [3.05, 3.63) is 74.8 Å². The molecular formula is C18H15BrO. The van der Waals surface area contributed by atoms with Crippen LogP contribution in [0.2, 0.25) is 0 Å². The number of carbonyl (C=O) groups excluding carboxylic acids is 1. The second kappa shape index (κ2) is 5.37. The molecule has 0 unspecified atom stereocenters. The van der Waals surface area contributed by atoms with Gasteiger partial charge < -0.3 is 0 Å². The lowest BCUT2D eigenvalue weighted by Gasteiger charge is -2.17. The Kier molecular flexibility index (Phi) is 3.58. The molecule has 1 aliphatic rings. The van der Waals surface area contributed by atoms with Crippen molar-refractivity contribution < 1.29 is 4.79 Å². The molecule has 0 saturated heterocycles. The molecule has 1 aliphatic carbocycles. The lowest BCUT2D eigenvalue weighted by Crippen LogP contribution is -2.14. The maximum absolute atomic E-state index is 12.6. The van der Waals surface area contributed by atoms with Gasteiger partial charge in [0, 0.05) is 15.6 Å². The van der Waals surface area contributed by atoms with Crippen molar-refractivity contribution in [2.24, 2.45) is 0 Å². The van der Waals surface area contributed by atoms with Crippen LogP contribution in [0.15, 0.2) is 52.5 Å². The molecule has 0 saturated carbocycles. The van der Waals surface area contributed by atoms with Crippen molar-refractivity contribution in [2.75, 3.05) is 0 Å². The van der Waals surface area contributed by atoms with Gasteiger partial charge in [0.1, 0.15) is 0 Å². The highest BCUT2D eigenvalue weighted by Crippen LogP contribution is 2.28. The summed E-state index contributed by atoms with van der Waals surface area (Å²) in [7, 11) is 0. The number of hydrogen-bond acceptors (Lipinski definition) is 1. The first-order valence-electron chi connectivity index (χ1n) is 6.74. The van der Waals surface area contributed by atoms with Crippen LogP contribution in [-0.4, -0.2) is 5.78 Å². The zero-order valence-electron chi connectivity index (χ0n) is 11.3. The molecule has 1 nitrogen and oxygen atoms in total. The Morgan fingerprint density at radius 1 is 1.05 bits per heavy atom. The van der Waals surface area contributed by atoms with E-state index < -0.39 is 0 Å². The third-order valence-electron chi connectivity index (χ3n) is 3.69. The number of halogens is 1. The third kappa shape index (κ3) is 2.61. The Labute approximate surface area is 127 Å². The highest BCUT2D eigenvalue weighted by molar-refractivity contribution is 9.10. The first-order chi connectivity index (χ1) is 9.63. The van der Waals surface area contributed by atoms with Crippen LogP contribution in [0.25, 0.3) is 6.08 Å². The summed E-state index contributed by atoms with van der Waals surface area (Å²) in [6, 6.07) is 14.2. The lowest BCUT2D eigenvalue weighted by molar-refractivity contribution is 0.102. The van der Waals surface area contributed by atoms with E-state index in [0.29, 0.717) is 0 Å². The molecule has 0 aromatic heterocycles. The van der Waals surface area contributed by atoms with Gasteiger partial charge in [-0.3, -0.25) is 4.79 Å². The van der Waals surface area contributed by atoms with E-state index in [4.69, 9.17) is 0 Å². The van der Waals surface area contributed by atoms with Crippen LogP contribution in [0.4, 0.5) is 0 Å². The van der Waals surface area contributed by atoms with E-state index in [9.17, 15) is 4.79 Å². The quantitative estimate of drug-likeness (QED) is 0.676. The molecule has 0 spiro atoms. The van der Waals surface area contributed by atoms with E-state index in [1.807, 2.05) is 24.3 Å². The van der Waals surface area contributed by atoms with Crippen LogP contribution in [0.1, 0.15) is 33.5 Å². The fourth-order valence-electron chi connectivity index (χ4n) is 2.54. The molecule has 2 aromatic carbocycles. The van der Waals surface area contributed by atoms with Gasteiger partial charge in [-0.05, 0) is 49.1 Å². The number of ketones is 1. The Morgan fingerprint density at radius 2 is 1.80 bits per heavy atom. The molecule has 0 atom stereocenters. The Bertz CT molecular complexity index is 696. The highest BCUT2D eigenvalue weighted by atomic mass is 79.9. The van der Waals surface area contributed by atoms with Gasteiger partial charge in [-0.2, -0.15) is 0 Å². The van der Waals surface area contributed by atoms with E-state index in [-0.39, 0.29) is 5.78 Å². The van der Waals surface area contributed by atoms with E-state index >= 15 is 0 Å². The fourth-order valence-corrected chi connectivity index (χ4v) is 2.90. The summed E-state index contributed by atoms with van der Waals surface area (Å²) in [5.41, 5.74) is 5.22. The number of benzene rings is 2. The largest absolute Gasteiger partial charge is 0.289 e. The molecule has 0 fully saturated rings. The second-order valence-corrected chi connectivity index (χ2v) is 6.13. The van der Waals surface area contributed by atoms with Crippen LogP contribution < -0.4 is 0 Å². The van der Waals surface area contributed by atoms with Crippen LogP contribution in [0, 0.1) is 6.92 Å². The number of rotatable bonds is 1. The molecule has 0 bridgehead atoms. The number of fused-ring (bicyclic) bond motifs is 1. The van der Waals surface area contributed by atoms with E-state index in [0.717, 1.165) is 39.6 Å². The lowest BCUT2D eigenvalue weighted by atomic mass is 9.86. The minimum atomic E-state index is 0.160. The molecule has 100 valence electrons. The predicted octanol–water partition coefficient (Wildman–Crippen LogP) is 4.97. The summed E-state index contributed by atoms with van der Waals surface area (Å²) in [5, 5.41) is 0. The van der Waals surface area contributed by atoms with Gasteiger partial charge in [-0.25, -0.2) is 0 Å². The number of hydrogen-bond donors (Lipinski definition) is 0. The van der Waals surface area contributed by atoms with Crippen molar-refractivity contribution in [1.29, 1.82) is 0 Å². The van der Waals surface area contributed by atoms with Crippen molar-refractivity contribution in [3.63, 3.8) is 0 Å². The number of Topliss-reactive ketones (excluding diaryl/α,β-unsaturated/α-hetero) is 1. The van der Waals surface area contributed by atoms with E-state index in [1.165, 1.54) is 5.56 Å². The molecule has 0 N–H and O–H groups in total. The van der Waals surface area contributed by atoms with Crippen molar-refractivity contribution in [2.45, 2.75) is 19.8 Å². The average molecular weight is 327 g/mol. The van der Waals surface area contributed by atoms with Crippen LogP contribution in [-0.2, 0) is 6.42 Å². The van der Waals surface area contributed by atoms with Crippen molar-refractivity contribution in [1.82, 2.24) is 0 Å².